The molecule has 0 amide bonds. The molecular formula is C22H38O. The van der Waals surface area contributed by atoms with Gasteiger partial charge >= 0.3 is 0 Å². The minimum atomic E-state index is 0.267. The van der Waals surface area contributed by atoms with Crippen LogP contribution in [0.15, 0.2) is 12.2 Å². The molecule has 1 nitrogen and oxygen atoms in total. The molecule has 132 valence electrons. The molecule has 2 aliphatic carbocycles. The van der Waals surface area contributed by atoms with Crippen LogP contribution in [-0.2, 0) is 4.79 Å². The van der Waals surface area contributed by atoms with Crippen LogP contribution >= 0.6 is 0 Å². The molecule has 0 heterocycles. The third kappa shape index (κ3) is 3.91. The predicted octanol–water partition coefficient (Wildman–Crippen LogP) is 6.57. The third-order valence-electron chi connectivity index (χ3n) is 7.05. The quantitative estimate of drug-likeness (QED) is 0.485. The Labute approximate surface area is 144 Å². The van der Waals surface area contributed by atoms with Crippen LogP contribution in [0.4, 0.5) is 0 Å². The molecule has 0 bridgehead atoms. The van der Waals surface area contributed by atoms with Gasteiger partial charge in [0.2, 0.25) is 0 Å². The zero-order valence-electron chi connectivity index (χ0n) is 16.2. The minimum absolute atomic E-state index is 0.267. The molecule has 1 heteroatoms. The van der Waals surface area contributed by atoms with E-state index in [0.717, 1.165) is 25.2 Å². The molecule has 2 fully saturated rings. The van der Waals surface area contributed by atoms with Crippen molar-refractivity contribution >= 4 is 5.78 Å². The number of hydrogen-bond donors (Lipinski definition) is 0. The summed E-state index contributed by atoms with van der Waals surface area (Å²) in [6, 6.07) is 0. The molecule has 2 aliphatic rings. The van der Waals surface area contributed by atoms with Gasteiger partial charge in [0.25, 0.3) is 0 Å². The summed E-state index contributed by atoms with van der Waals surface area (Å²) >= 11 is 0. The lowest BCUT2D eigenvalue weighted by molar-refractivity contribution is -0.131. The van der Waals surface area contributed by atoms with E-state index in [2.05, 4.69) is 46.8 Å². The van der Waals surface area contributed by atoms with Crippen molar-refractivity contribution in [3.63, 3.8) is 0 Å². The van der Waals surface area contributed by atoms with E-state index in [-0.39, 0.29) is 5.41 Å². The minimum Gasteiger partial charge on any atom is -0.299 e. The number of Topliss-reactive ketones (excluding diaryl/α,β-unsaturated/α-hetero) is 1. The Bertz CT molecular complexity index is 435. The Kier molecular flexibility index (Phi) is 6.14. The van der Waals surface area contributed by atoms with Gasteiger partial charge in [0.15, 0.2) is 0 Å². The fourth-order valence-electron chi connectivity index (χ4n) is 5.79. The van der Waals surface area contributed by atoms with E-state index in [1.165, 1.54) is 38.5 Å². The summed E-state index contributed by atoms with van der Waals surface area (Å²) in [7, 11) is 0. The lowest BCUT2D eigenvalue weighted by Crippen LogP contribution is -2.43. The lowest BCUT2D eigenvalue weighted by atomic mass is 9.56. The third-order valence-corrected chi connectivity index (χ3v) is 7.05. The number of ketones is 1. The molecule has 4 atom stereocenters. The topological polar surface area (TPSA) is 17.1 Å². The predicted molar refractivity (Wildman–Crippen MR) is 99.4 cm³/mol. The van der Waals surface area contributed by atoms with Crippen LogP contribution in [0.1, 0.15) is 92.4 Å². The average molecular weight is 319 g/mol. The molecule has 0 saturated heterocycles. The van der Waals surface area contributed by atoms with Crippen molar-refractivity contribution in [2.75, 3.05) is 0 Å². The van der Waals surface area contributed by atoms with Gasteiger partial charge in [0.05, 0.1) is 0 Å². The second kappa shape index (κ2) is 7.53. The van der Waals surface area contributed by atoms with Gasteiger partial charge in [-0.25, -0.2) is 0 Å². The van der Waals surface area contributed by atoms with E-state index in [1.807, 2.05) is 0 Å². The Morgan fingerprint density at radius 1 is 1.35 bits per heavy atom. The van der Waals surface area contributed by atoms with E-state index in [1.54, 1.807) is 0 Å². The normalized spacial score (nSPS) is 34.1. The first-order chi connectivity index (χ1) is 10.8. The highest BCUT2D eigenvalue weighted by molar-refractivity contribution is 5.83. The monoisotopic (exact) mass is 318 g/mol. The van der Waals surface area contributed by atoms with Crippen molar-refractivity contribution in [2.24, 2.45) is 28.6 Å². The van der Waals surface area contributed by atoms with Crippen LogP contribution in [0.5, 0.6) is 0 Å². The smallest absolute Gasteiger partial charge is 0.136 e. The molecule has 1 unspecified atom stereocenters. The molecule has 0 aromatic carbocycles. The summed E-state index contributed by atoms with van der Waals surface area (Å²) in [5.74, 6) is 2.44. The van der Waals surface area contributed by atoms with Crippen LogP contribution in [0, 0.1) is 28.6 Å². The van der Waals surface area contributed by atoms with E-state index in [9.17, 15) is 4.79 Å². The summed E-state index contributed by atoms with van der Waals surface area (Å²) in [6.07, 6.45) is 15.4. The Hall–Kier alpha value is -0.590. The van der Waals surface area contributed by atoms with Crippen molar-refractivity contribution in [1.82, 2.24) is 0 Å². The maximum Gasteiger partial charge on any atom is 0.136 e. The van der Waals surface area contributed by atoms with Crippen molar-refractivity contribution in [3.05, 3.63) is 12.2 Å². The molecule has 23 heavy (non-hydrogen) atoms. The number of hydrogen-bond acceptors (Lipinski definition) is 1. The summed E-state index contributed by atoms with van der Waals surface area (Å²) < 4.78 is 0. The second-order valence-electron chi connectivity index (χ2n) is 9.22. The van der Waals surface area contributed by atoms with Crippen molar-refractivity contribution in [2.45, 2.75) is 92.4 Å². The summed E-state index contributed by atoms with van der Waals surface area (Å²) in [5, 5.41) is 0. The molecule has 0 spiro atoms. The Morgan fingerprint density at radius 3 is 2.74 bits per heavy atom. The van der Waals surface area contributed by atoms with Crippen LogP contribution in [0.25, 0.3) is 0 Å². The Morgan fingerprint density at radius 2 is 2.09 bits per heavy atom. The zero-order valence-corrected chi connectivity index (χ0v) is 16.2. The molecule has 2 rings (SSSR count). The molecule has 2 saturated carbocycles. The van der Waals surface area contributed by atoms with Gasteiger partial charge in [-0.1, -0.05) is 52.7 Å². The summed E-state index contributed by atoms with van der Waals surface area (Å²) in [5.41, 5.74) is 0.631. The van der Waals surface area contributed by atoms with Gasteiger partial charge in [0.1, 0.15) is 5.78 Å². The number of rotatable bonds is 7. The molecular weight excluding hydrogens is 280 g/mol. The highest BCUT2D eigenvalue weighted by Gasteiger charge is 2.55. The summed E-state index contributed by atoms with van der Waals surface area (Å²) in [6.45, 7) is 11.8. The van der Waals surface area contributed by atoms with Crippen LogP contribution in [0.2, 0.25) is 0 Å². The maximum atomic E-state index is 12.5. The highest BCUT2D eigenvalue weighted by atomic mass is 16.1. The highest BCUT2D eigenvalue weighted by Crippen LogP contribution is 2.61. The number of fused-ring (bicyclic) bond motifs is 1. The second-order valence-corrected chi connectivity index (χ2v) is 9.22. The van der Waals surface area contributed by atoms with Gasteiger partial charge in [-0.05, 0) is 68.1 Å². The number of allylic oxidation sites excluding steroid dienone is 2. The van der Waals surface area contributed by atoms with Crippen molar-refractivity contribution in [3.8, 4) is 0 Å². The van der Waals surface area contributed by atoms with Gasteiger partial charge in [0, 0.05) is 12.3 Å². The molecule has 0 N–H and O–H groups in total. The molecule has 0 aromatic rings. The first kappa shape index (κ1) is 18.7. The van der Waals surface area contributed by atoms with E-state index in [4.69, 9.17) is 0 Å². The summed E-state index contributed by atoms with van der Waals surface area (Å²) in [4.78, 5) is 12.5. The molecule has 0 radical (unpaired) electrons. The largest absolute Gasteiger partial charge is 0.299 e. The SMILES string of the molecule is C/C=C\C[C@](C)(CCCC(C)C)[C@H]1CCC2C(=O)CCC[C@@]21C. The fraction of sp³-hybridized carbons (Fsp3) is 0.864. The van der Waals surface area contributed by atoms with Crippen LogP contribution < -0.4 is 0 Å². The van der Waals surface area contributed by atoms with Gasteiger partial charge in [-0.2, -0.15) is 0 Å². The van der Waals surface area contributed by atoms with Crippen molar-refractivity contribution < 1.29 is 4.79 Å². The van der Waals surface area contributed by atoms with Gasteiger partial charge in [-0.3, -0.25) is 4.79 Å². The van der Waals surface area contributed by atoms with E-state index in [0.29, 0.717) is 23.0 Å². The lowest BCUT2D eigenvalue weighted by Gasteiger charge is -2.48. The molecule has 0 aromatic heterocycles. The molecule has 0 aliphatic heterocycles. The first-order valence-electron chi connectivity index (χ1n) is 9.97. The van der Waals surface area contributed by atoms with E-state index >= 15 is 0 Å². The average Bonchev–Trinajstić information content (AvgIpc) is 2.84. The van der Waals surface area contributed by atoms with Crippen LogP contribution in [0.3, 0.4) is 0 Å². The number of carbonyl (C=O) groups is 1. The standard InChI is InChI=1S/C22H38O/c1-6-7-14-21(4,15-8-10-17(2)3)20-13-12-18-19(23)11-9-16-22(18,20)5/h6-7,17-18,20H,8-16H2,1-5H3/b7-6-/t18?,20-,21-,22+/m1/s1. The fourth-order valence-corrected chi connectivity index (χ4v) is 5.79. The number of carbonyl (C=O) groups excluding carboxylic acids is 1. The van der Waals surface area contributed by atoms with Gasteiger partial charge in [-0.15, -0.1) is 0 Å². The first-order valence-corrected chi connectivity index (χ1v) is 9.97. The maximum absolute atomic E-state index is 12.5. The van der Waals surface area contributed by atoms with Crippen molar-refractivity contribution in [1.29, 1.82) is 0 Å². The van der Waals surface area contributed by atoms with Crippen LogP contribution in [-0.4, -0.2) is 5.78 Å². The zero-order chi connectivity index (χ0) is 17.1. The van der Waals surface area contributed by atoms with E-state index < -0.39 is 0 Å². The van der Waals surface area contributed by atoms with Gasteiger partial charge < -0.3 is 0 Å². The Balaban J connectivity index is 2.19.